The van der Waals surface area contributed by atoms with Crippen LogP contribution >= 0.6 is 0 Å². The van der Waals surface area contributed by atoms with Gasteiger partial charge in [0.1, 0.15) is 11.4 Å². The number of amides is 2. The summed E-state index contributed by atoms with van der Waals surface area (Å²) >= 11 is 0. The molecule has 1 aliphatic rings. The second-order valence-electron chi connectivity index (χ2n) is 7.92. The number of ketones is 1. The molecule has 0 saturated carbocycles. The lowest BCUT2D eigenvalue weighted by Gasteiger charge is -2.10. The summed E-state index contributed by atoms with van der Waals surface area (Å²) in [6.45, 7) is 3.49. The van der Waals surface area contributed by atoms with Crippen molar-refractivity contribution in [3.63, 3.8) is 0 Å². The van der Waals surface area contributed by atoms with Crippen molar-refractivity contribution in [2.45, 2.75) is 19.4 Å². The van der Waals surface area contributed by atoms with E-state index in [1.165, 1.54) is 6.20 Å². The highest BCUT2D eigenvalue weighted by Gasteiger charge is 2.18. The fraction of sp³-hybridized carbons (Fsp3) is 0.240. The van der Waals surface area contributed by atoms with Gasteiger partial charge in [0.2, 0.25) is 5.95 Å². The topological polar surface area (TPSA) is 159 Å². The van der Waals surface area contributed by atoms with Crippen LogP contribution in [0.2, 0.25) is 0 Å². The Bertz CT molecular complexity index is 1210. The van der Waals surface area contributed by atoms with Crippen LogP contribution in [0.15, 0.2) is 54.7 Å². The number of hydrogen-bond donors (Lipinski definition) is 5. The monoisotopic (exact) mass is 476 g/mol. The normalized spacial score (nSPS) is 14.4. The SMILES string of the molecule is CNC(=O)c1ccc(C(=O)c2cccc(C)c2O)cc1.Nc1nccc(C(=O)NC2CCNC2)n1. The van der Waals surface area contributed by atoms with E-state index < -0.39 is 0 Å². The average molecular weight is 477 g/mol. The smallest absolute Gasteiger partial charge is 0.270 e. The van der Waals surface area contributed by atoms with E-state index in [0.29, 0.717) is 22.4 Å². The number of nitrogens with zero attached hydrogens (tertiary/aromatic N) is 2. The van der Waals surface area contributed by atoms with Crippen molar-refractivity contribution in [3.8, 4) is 5.75 Å². The van der Waals surface area contributed by atoms with Crippen LogP contribution in [0.1, 0.15) is 48.8 Å². The zero-order chi connectivity index (χ0) is 25.4. The molecular formula is C25H28N6O4. The minimum atomic E-state index is -0.269. The molecule has 10 nitrogen and oxygen atoms in total. The summed E-state index contributed by atoms with van der Waals surface area (Å²) < 4.78 is 0. The fourth-order valence-corrected chi connectivity index (χ4v) is 3.45. The van der Waals surface area contributed by atoms with Crippen LogP contribution in [0.4, 0.5) is 5.95 Å². The van der Waals surface area contributed by atoms with Gasteiger partial charge >= 0.3 is 0 Å². The molecule has 6 N–H and O–H groups in total. The van der Waals surface area contributed by atoms with Crippen LogP contribution in [0.3, 0.4) is 0 Å². The third-order valence-electron chi connectivity index (χ3n) is 5.42. The highest BCUT2D eigenvalue weighted by atomic mass is 16.3. The quantitative estimate of drug-likeness (QED) is 0.346. The number of anilines is 1. The van der Waals surface area contributed by atoms with Crippen molar-refractivity contribution in [1.29, 1.82) is 0 Å². The minimum absolute atomic E-state index is 0.00659. The van der Waals surface area contributed by atoms with Gasteiger partial charge in [-0.15, -0.1) is 0 Å². The molecule has 10 heteroatoms. The van der Waals surface area contributed by atoms with Gasteiger partial charge in [-0.2, -0.15) is 0 Å². The predicted octanol–water partition coefficient (Wildman–Crippen LogP) is 1.44. The number of carbonyl (C=O) groups is 3. The van der Waals surface area contributed by atoms with E-state index >= 15 is 0 Å². The van der Waals surface area contributed by atoms with E-state index in [4.69, 9.17) is 5.73 Å². The molecule has 2 aromatic carbocycles. The van der Waals surface area contributed by atoms with E-state index in [9.17, 15) is 19.5 Å². The maximum Gasteiger partial charge on any atom is 0.270 e. The van der Waals surface area contributed by atoms with Crippen molar-refractivity contribution in [2.24, 2.45) is 0 Å². The van der Waals surface area contributed by atoms with Gasteiger partial charge in [0, 0.05) is 37.0 Å². The Balaban J connectivity index is 0.000000203. The summed E-state index contributed by atoms with van der Waals surface area (Å²) in [7, 11) is 1.55. The van der Waals surface area contributed by atoms with Crippen molar-refractivity contribution in [1.82, 2.24) is 25.9 Å². The summed E-state index contributed by atoms with van der Waals surface area (Å²) in [5.74, 6) is -0.560. The van der Waals surface area contributed by atoms with Crippen LogP contribution < -0.4 is 21.7 Å². The number of benzene rings is 2. The molecule has 0 spiro atoms. The molecule has 0 aliphatic carbocycles. The number of nitrogens with one attached hydrogen (secondary N) is 3. The summed E-state index contributed by atoms with van der Waals surface area (Å²) in [6, 6.07) is 13.1. The van der Waals surface area contributed by atoms with Crippen molar-refractivity contribution in [2.75, 3.05) is 25.9 Å². The van der Waals surface area contributed by atoms with Crippen LogP contribution in [0.5, 0.6) is 5.75 Å². The van der Waals surface area contributed by atoms with Gasteiger partial charge in [0.25, 0.3) is 11.8 Å². The van der Waals surface area contributed by atoms with Gasteiger partial charge in [-0.1, -0.05) is 24.3 Å². The second kappa shape index (κ2) is 11.7. The van der Waals surface area contributed by atoms with E-state index in [0.717, 1.165) is 19.5 Å². The number of aromatic hydroxyl groups is 1. The number of phenolic OH excluding ortho intramolecular Hbond substituents is 1. The zero-order valence-corrected chi connectivity index (χ0v) is 19.5. The van der Waals surface area contributed by atoms with Gasteiger partial charge in [-0.25, -0.2) is 9.97 Å². The molecule has 1 unspecified atom stereocenters. The first-order valence-electron chi connectivity index (χ1n) is 11.1. The number of nitrogens with two attached hydrogens (primary N) is 1. The molecule has 2 amide bonds. The van der Waals surface area contributed by atoms with E-state index in [-0.39, 0.29) is 40.9 Å². The summed E-state index contributed by atoms with van der Waals surface area (Å²) in [5, 5.41) is 18.5. The molecule has 3 aromatic rings. The molecular weight excluding hydrogens is 448 g/mol. The number of hydrogen-bond acceptors (Lipinski definition) is 8. The molecule has 182 valence electrons. The maximum absolute atomic E-state index is 12.3. The zero-order valence-electron chi connectivity index (χ0n) is 19.5. The predicted molar refractivity (Wildman–Crippen MR) is 131 cm³/mol. The Morgan fingerprint density at radius 3 is 2.40 bits per heavy atom. The molecule has 1 aromatic heterocycles. The van der Waals surface area contributed by atoms with Crippen molar-refractivity contribution < 1.29 is 19.5 Å². The maximum atomic E-state index is 12.3. The van der Waals surface area contributed by atoms with E-state index in [1.54, 1.807) is 62.5 Å². The first kappa shape index (κ1) is 25.3. The van der Waals surface area contributed by atoms with Crippen LogP contribution in [-0.4, -0.2) is 58.9 Å². The minimum Gasteiger partial charge on any atom is -0.507 e. The third-order valence-corrected chi connectivity index (χ3v) is 5.42. The molecule has 1 saturated heterocycles. The van der Waals surface area contributed by atoms with Crippen molar-refractivity contribution >= 4 is 23.5 Å². The first-order chi connectivity index (χ1) is 16.8. The standard InChI is InChI=1S/C16H15NO3.C9H13N5O/c1-10-4-3-5-13(14(10)18)15(19)11-6-8-12(9-7-11)16(20)17-2;10-9-12-4-2-7(14-9)8(15)13-6-1-3-11-5-6/h3-9,18H,1-2H3,(H,17,20);2,4,6,11H,1,3,5H2,(H,13,15)(H2,10,12,14). The lowest BCUT2D eigenvalue weighted by molar-refractivity contribution is 0.0932. The molecule has 1 atom stereocenters. The Labute approximate surface area is 203 Å². The Morgan fingerprint density at radius 1 is 1.06 bits per heavy atom. The van der Waals surface area contributed by atoms with E-state index in [2.05, 4.69) is 25.9 Å². The van der Waals surface area contributed by atoms with Gasteiger partial charge in [0.15, 0.2) is 5.78 Å². The van der Waals surface area contributed by atoms with Crippen LogP contribution in [0.25, 0.3) is 0 Å². The lowest BCUT2D eigenvalue weighted by atomic mass is 9.99. The number of aromatic nitrogens is 2. The largest absolute Gasteiger partial charge is 0.507 e. The Morgan fingerprint density at radius 2 is 1.77 bits per heavy atom. The summed E-state index contributed by atoms with van der Waals surface area (Å²) in [4.78, 5) is 43.0. The molecule has 1 fully saturated rings. The van der Waals surface area contributed by atoms with Crippen LogP contribution in [-0.2, 0) is 0 Å². The number of rotatable bonds is 5. The number of aryl methyl sites for hydroxylation is 1. The Kier molecular flexibility index (Phi) is 8.47. The van der Waals surface area contributed by atoms with E-state index in [1.807, 2.05) is 0 Å². The number of carbonyl (C=O) groups excluding carboxylic acids is 3. The number of nitrogen functional groups attached to an aromatic ring is 1. The molecule has 0 bridgehead atoms. The molecule has 0 radical (unpaired) electrons. The summed E-state index contributed by atoms with van der Waals surface area (Å²) in [5.41, 5.74) is 7.53. The molecule has 2 heterocycles. The first-order valence-corrected chi connectivity index (χ1v) is 11.1. The number of phenols is 1. The third kappa shape index (κ3) is 6.61. The van der Waals surface area contributed by atoms with Crippen LogP contribution in [0, 0.1) is 6.92 Å². The number of para-hydroxylation sites is 1. The molecule has 4 rings (SSSR count). The summed E-state index contributed by atoms with van der Waals surface area (Å²) in [6.07, 6.45) is 2.43. The fourth-order valence-electron chi connectivity index (χ4n) is 3.45. The Hall–Kier alpha value is -4.31. The lowest BCUT2D eigenvalue weighted by Crippen LogP contribution is -2.36. The highest BCUT2D eigenvalue weighted by molar-refractivity contribution is 6.11. The van der Waals surface area contributed by atoms with Gasteiger partial charge in [0.05, 0.1) is 5.56 Å². The second-order valence-corrected chi connectivity index (χ2v) is 7.92. The van der Waals surface area contributed by atoms with Gasteiger partial charge in [-0.05, 0) is 49.7 Å². The van der Waals surface area contributed by atoms with Gasteiger partial charge in [-0.3, -0.25) is 14.4 Å². The highest BCUT2D eigenvalue weighted by Crippen LogP contribution is 2.24. The molecule has 35 heavy (non-hydrogen) atoms. The average Bonchev–Trinajstić information content (AvgIpc) is 3.38. The molecule has 1 aliphatic heterocycles. The van der Waals surface area contributed by atoms with Gasteiger partial charge < -0.3 is 26.8 Å². The van der Waals surface area contributed by atoms with Crippen molar-refractivity contribution in [3.05, 3.63) is 82.7 Å².